The van der Waals surface area contributed by atoms with Crippen LogP contribution in [-0.2, 0) is 4.79 Å². The Labute approximate surface area is 217 Å². The number of hydrogen-bond acceptors (Lipinski definition) is 7. The summed E-state index contributed by atoms with van der Waals surface area (Å²) in [7, 11) is 4.25. The number of ether oxygens (including phenoxy) is 2. The van der Waals surface area contributed by atoms with Crippen LogP contribution in [0.1, 0.15) is 55.5 Å². The number of rotatable bonds is 6. The number of carbonyl (C=O) groups is 2. The summed E-state index contributed by atoms with van der Waals surface area (Å²) in [6.45, 7) is 5.94. The van der Waals surface area contributed by atoms with E-state index in [0.29, 0.717) is 33.7 Å². The number of amides is 2. The van der Waals surface area contributed by atoms with E-state index in [2.05, 4.69) is 34.9 Å². The zero-order valence-corrected chi connectivity index (χ0v) is 22.9. The highest BCUT2D eigenvalue weighted by Crippen LogP contribution is 2.51. The van der Waals surface area contributed by atoms with Gasteiger partial charge in [0, 0.05) is 36.6 Å². The van der Waals surface area contributed by atoms with E-state index >= 15 is 0 Å². The van der Waals surface area contributed by atoms with Crippen LogP contribution >= 0.6 is 23.4 Å². The number of nitrogens with zero attached hydrogens (tertiary/aromatic N) is 1. The zero-order chi connectivity index (χ0) is 25.5. The topological polar surface area (TPSA) is 91.9 Å². The third-order valence-corrected chi connectivity index (χ3v) is 8.93. The number of halogens is 1. The van der Waals surface area contributed by atoms with E-state index in [9.17, 15) is 9.59 Å². The Morgan fingerprint density at radius 1 is 1.26 bits per heavy atom. The molecule has 1 aliphatic carbocycles. The van der Waals surface area contributed by atoms with Crippen LogP contribution in [0.4, 0.5) is 0 Å². The van der Waals surface area contributed by atoms with Gasteiger partial charge in [0.25, 0.3) is 11.7 Å². The average Bonchev–Trinajstić information content (AvgIpc) is 3.20. The van der Waals surface area contributed by atoms with Gasteiger partial charge in [-0.2, -0.15) is 0 Å². The lowest BCUT2D eigenvalue weighted by Gasteiger charge is -2.39. The molecule has 0 spiro atoms. The minimum absolute atomic E-state index is 0.0731. The molecule has 0 radical (unpaired) electrons. The van der Waals surface area contributed by atoms with Crippen molar-refractivity contribution in [3.8, 4) is 11.5 Å². The van der Waals surface area contributed by atoms with Crippen molar-refractivity contribution in [1.29, 1.82) is 0 Å². The lowest BCUT2D eigenvalue weighted by molar-refractivity contribution is -0.127. The van der Waals surface area contributed by atoms with Crippen molar-refractivity contribution in [2.75, 3.05) is 26.9 Å². The molecule has 3 aliphatic rings. The molecular weight excluding hydrogens is 488 g/mol. The van der Waals surface area contributed by atoms with E-state index in [0.717, 1.165) is 25.7 Å². The fourth-order valence-electron chi connectivity index (χ4n) is 5.46. The van der Waals surface area contributed by atoms with Crippen LogP contribution < -0.4 is 25.4 Å². The highest BCUT2D eigenvalue weighted by Gasteiger charge is 2.47. The first-order chi connectivity index (χ1) is 16.5. The molecule has 0 aromatic heterocycles. The van der Waals surface area contributed by atoms with E-state index in [1.165, 1.54) is 0 Å². The lowest BCUT2D eigenvalue weighted by Crippen LogP contribution is -2.61. The van der Waals surface area contributed by atoms with Gasteiger partial charge in [-0.05, 0) is 65.9 Å². The van der Waals surface area contributed by atoms with Crippen LogP contribution in [0.2, 0.25) is 5.02 Å². The molecule has 35 heavy (non-hydrogen) atoms. The molecule has 4 rings (SSSR count). The summed E-state index contributed by atoms with van der Waals surface area (Å²) in [5, 5.41) is 9.42. The number of benzene rings is 1. The molecular formula is C25H37ClN4O4S. The van der Waals surface area contributed by atoms with Crippen molar-refractivity contribution in [2.24, 2.45) is 11.8 Å². The van der Waals surface area contributed by atoms with Crippen molar-refractivity contribution in [1.82, 2.24) is 20.9 Å². The van der Waals surface area contributed by atoms with Gasteiger partial charge in [-0.25, -0.2) is 0 Å². The maximum atomic E-state index is 13.2. The summed E-state index contributed by atoms with van der Waals surface area (Å²) in [6.07, 6.45) is 6.04. The monoisotopic (exact) mass is 524 g/mol. The van der Waals surface area contributed by atoms with E-state index in [4.69, 9.17) is 21.1 Å². The molecule has 2 fully saturated rings. The molecule has 194 valence electrons. The predicted molar refractivity (Wildman–Crippen MR) is 139 cm³/mol. The standard InChI is InChI=1S/C25H37ClN4O4S/c1-13-17(22(31)27-12-18-23(32)28-14(2)29-24(18)35-6)11-19(26)21-20(13)33-25(3,34-21)15-7-9-16(10-8-15)30(4)5/h11,14-16,18,24,29H,7-10,12H2,1-6H3,(H,27,31)(H,28,32)/t14?,15?,16?,18?,24?,25-/m1/s1. The normalized spacial score (nSPS) is 32.5. The third-order valence-electron chi connectivity index (χ3n) is 7.67. The largest absolute Gasteiger partial charge is 0.448 e. The van der Waals surface area contributed by atoms with Crippen LogP contribution in [0.25, 0.3) is 0 Å². The fraction of sp³-hybridized carbons (Fsp3) is 0.680. The second kappa shape index (κ2) is 10.4. The Morgan fingerprint density at radius 2 is 1.91 bits per heavy atom. The van der Waals surface area contributed by atoms with E-state index in [-0.39, 0.29) is 41.7 Å². The Kier molecular flexibility index (Phi) is 7.81. The fourth-order valence-corrected chi connectivity index (χ4v) is 6.58. The Hall–Kier alpha value is -1.68. The third kappa shape index (κ3) is 5.24. The summed E-state index contributed by atoms with van der Waals surface area (Å²) < 4.78 is 12.7. The lowest BCUT2D eigenvalue weighted by atomic mass is 9.81. The van der Waals surface area contributed by atoms with Crippen LogP contribution in [-0.4, -0.2) is 67.0 Å². The Morgan fingerprint density at radius 3 is 2.54 bits per heavy atom. The molecule has 8 nitrogen and oxygen atoms in total. The first kappa shape index (κ1) is 26.4. The first-order valence-corrected chi connectivity index (χ1v) is 14.0. The van der Waals surface area contributed by atoms with Crippen molar-refractivity contribution in [3.05, 3.63) is 22.2 Å². The zero-order valence-electron chi connectivity index (χ0n) is 21.4. The second-order valence-corrected chi connectivity index (χ2v) is 11.6. The Balaban J connectivity index is 1.47. The van der Waals surface area contributed by atoms with Gasteiger partial charge in [0.05, 0.1) is 22.5 Å². The molecule has 1 aromatic carbocycles. The molecule has 0 bridgehead atoms. The number of hydrogen-bond donors (Lipinski definition) is 3. The van der Waals surface area contributed by atoms with Gasteiger partial charge >= 0.3 is 0 Å². The van der Waals surface area contributed by atoms with E-state index < -0.39 is 5.79 Å². The highest BCUT2D eigenvalue weighted by atomic mass is 35.5. The van der Waals surface area contributed by atoms with Crippen molar-refractivity contribution >= 4 is 35.2 Å². The molecule has 1 saturated heterocycles. The van der Waals surface area contributed by atoms with Crippen molar-refractivity contribution < 1.29 is 19.1 Å². The smallest absolute Gasteiger partial charge is 0.251 e. The van der Waals surface area contributed by atoms with E-state index in [1.54, 1.807) is 17.8 Å². The van der Waals surface area contributed by atoms with Gasteiger partial charge in [-0.1, -0.05) is 11.6 Å². The van der Waals surface area contributed by atoms with Gasteiger partial charge < -0.3 is 25.0 Å². The minimum atomic E-state index is -0.808. The first-order valence-electron chi connectivity index (χ1n) is 12.3. The van der Waals surface area contributed by atoms with Gasteiger partial charge in [0.2, 0.25) is 5.91 Å². The van der Waals surface area contributed by atoms with Gasteiger partial charge in [-0.15, -0.1) is 11.8 Å². The van der Waals surface area contributed by atoms with Crippen LogP contribution in [0.3, 0.4) is 0 Å². The maximum Gasteiger partial charge on any atom is 0.251 e. The molecule has 10 heteroatoms. The number of nitrogens with one attached hydrogen (secondary N) is 3. The number of fused-ring (bicyclic) bond motifs is 1. The summed E-state index contributed by atoms with van der Waals surface area (Å²) in [6, 6.07) is 2.21. The molecule has 2 aliphatic heterocycles. The predicted octanol–water partition coefficient (Wildman–Crippen LogP) is 3.36. The van der Waals surface area contributed by atoms with Crippen LogP contribution in [0.5, 0.6) is 11.5 Å². The quantitative estimate of drug-likeness (QED) is 0.525. The molecule has 2 heterocycles. The highest BCUT2D eigenvalue weighted by molar-refractivity contribution is 7.99. The maximum absolute atomic E-state index is 13.2. The molecule has 1 saturated carbocycles. The van der Waals surface area contributed by atoms with E-state index in [1.807, 2.05) is 27.0 Å². The number of thioether (sulfide) groups is 1. The SMILES string of the molecule is CSC1NC(C)NC(=O)C1CNC(=O)c1cc(Cl)c2c(c1C)O[C@@](C)(C1CCC(N(C)C)CC1)O2. The summed E-state index contributed by atoms with van der Waals surface area (Å²) in [4.78, 5) is 27.9. The molecule has 4 atom stereocenters. The molecule has 1 aromatic rings. The van der Waals surface area contributed by atoms with Crippen LogP contribution in [0.15, 0.2) is 6.07 Å². The minimum Gasteiger partial charge on any atom is -0.448 e. The summed E-state index contributed by atoms with van der Waals surface area (Å²) in [5.74, 6) is -0.272. The van der Waals surface area contributed by atoms with Crippen molar-refractivity contribution in [2.45, 2.75) is 69.8 Å². The number of carbonyl (C=O) groups excluding carboxylic acids is 2. The summed E-state index contributed by atoms with van der Waals surface area (Å²) >= 11 is 8.15. The average molecular weight is 525 g/mol. The van der Waals surface area contributed by atoms with Gasteiger partial charge in [0.1, 0.15) is 0 Å². The van der Waals surface area contributed by atoms with Crippen LogP contribution in [0, 0.1) is 18.8 Å². The molecule has 3 unspecified atom stereocenters. The van der Waals surface area contributed by atoms with Crippen molar-refractivity contribution in [3.63, 3.8) is 0 Å². The van der Waals surface area contributed by atoms with Gasteiger partial charge in [0.15, 0.2) is 11.5 Å². The molecule has 3 N–H and O–H groups in total. The Bertz CT molecular complexity index is 985. The second-order valence-electron chi connectivity index (χ2n) is 10.2. The molecule has 2 amide bonds. The van der Waals surface area contributed by atoms with Gasteiger partial charge in [-0.3, -0.25) is 14.9 Å². The summed E-state index contributed by atoms with van der Waals surface area (Å²) in [5.41, 5.74) is 1.12.